The second-order valence-corrected chi connectivity index (χ2v) is 7.53. The number of halogens is 2. The largest absolute Gasteiger partial charge is 0.278 e. The Hall–Kier alpha value is -1.26. The Balaban J connectivity index is 2.41. The minimum atomic E-state index is -3.77. The molecule has 98 valence electrons. The van der Waals surface area contributed by atoms with Crippen LogP contribution in [0.25, 0.3) is 0 Å². The predicted octanol–water partition coefficient (Wildman–Crippen LogP) is 3.73. The van der Waals surface area contributed by atoms with E-state index in [0.29, 0.717) is 9.36 Å². The van der Waals surface area contributed by atoms with E-state index in [0.717, 1.165) is 11.3 Å². The maximum Gasteiger partial charge on any atom is 0.271 e. The molecule has 0 aliphatic carbocycles. The maximum atomic E-state index is 12.1. The molecule has 0 aliphatic rings. The molecule has 0 fully saturated rings. The first-order chi connectivity index (χ1) is 8.92. The zero-order chi connectivity index (χ0) is 14.0. The monoisotopic (exact) mass is 332 g/mol. The highest BCUT2D eigenvalue weighted by Gasteiger charge is 2.18. The number of nitrogens with one attached hydrogen (secondary N) is 1. The first-order valence-corrected chi connectivity index (χ1v) is 7.96. The quantitative estimate of drug-likeness (QED) is 0.930. The van der Waals surface area contributed by atoms with Crippen molar-refractivity contribution in [1.82, 2.24) is 0 Å². The van der Waals surface area contributed by atoms with Crippen LogP contribution in [0.4, 0.5) is 5.69 Å². The Labute approximate surface area is 124 Å². The summed E-state index contributed by atoms with van der Waals surface area (Å²) in [5.41, 5.74) is 0.329. The van der Waals surface area contributed by atoms with Gasteiger partial charge in [-0.2, -0.15) is 5.26 Å². The van der Waals surface area contributed by atoms with Crippen molar-refractivity contribution in [1.29, 1.82) is 5.26 Å². The van der Waals surface area contributed by atoms with E-state index in [-0.39, 0.29) is 15.5 Å². The van der Waals surface area contributed by atoms with Gasteiger partial charge in [0.05, 0.1) is 15.6 Å². The average Bonchev–Trinajstić information content (AvgIpc) is 2.76. The van der Waals surface area contributed by atoms with Gasteiger partial charge in [0.25, 0.3) is 10.0 Å². The van der Waals surface area contributed by atoms with Crippen molar-refractivity contribution in [2.75, 3.05) is 4.72 Å². The van der Waals surface area contributed by atoms with Crippen molar-refractivity contribution in [3.8, 4) is 6.07 Å². The van der Waals surface area contributed by atoms with Gasteiger partial charge in [0, 0.05) is 5.02 Å². The molecule has 0 saturated carbocycles. The molecule has 2 rings (SSSR count). The van der Waals surface area contributed by atoms with Crippen LogP contribution in [0.2, 0.25) is 9.36 Å². The van der Waals surface area contributed by atoms with Crippen LogP contribution in [-0.4, -0.2) is 8.42 Å². The fourth-order valence-electron chi connectivity index (χ4n) is 1.34. The average molecular weight is 333 g/mol. The summed E-state index contributed by atoms with van der Waals surface area (Å²) in [5.74, 6) is 0. The van der Waals surface area contributed by atoms with Gasteiger partial charge < -0.3 is 0 Å². The molecule has 0 atom stereocenters. The number of anilines is 1. The summed E-state index contributed by atoms with van der Waals surface area (Å²) in [6.45, 7) is 0. The Kier molecular flexibility index (Phi) is 4.02. The van der Waals surface area contributed by atoms with E-state index in [2.05, 4.69) is 4.72 Å². The standard InChI is InChI=1S/C11H6Cl2N2O2S2/c12-8-2-1-7(6-14)9(5-8)15-19(16,17)11-4-3-10(13)18-11/h1-5,15H. The van der Waals surface area contributed by atoms with Gasteiger partial charge in [-0.3, -0.25) is 4.72 Å². The summed E-state index contributed by atoms with van der Waals surface area (Å²) in [4.78, 5) is 0. The molecule has 0 radical (unpaired) electrons. The molecule has 0 unspecified atom stereocenters. The maximum absolute atomic E-state index is 12.1. The first kappa shape index (κ1) is 14.2. The van der Waals surface area contributed by atoms with Crippen molar-refractivity contribution >= 4 is 50.2 Å². The minimum Gasteiger partial charge on any atom is -0.278 e. The lowest BCUT2D eigenvalue weighted by Crippen LogP contribution is -2.12. The molecule has 19 heavy (non-hydrogen) atoms. The predicted molar refractivity (Wildman–Crippen MR) is 76.3 cm³/mol. The number of rotatable bonds is 3. The summed E-state index contributed by atoms with van der Waals surface area (Å²) in [6.07, 6.45) is 0. The van der Waals surface area contributed by atoms with Gasteiger partial charge in [-0.05, 0) is 30.3 Å². The number of hydrogen-bond acceptors (Lipinski definition) is 4. The topological polar surface area (TPSA) is 70.0 Å². The molecule has 0 spiro atoms. The van der Waals surface area contributed by atoms with Gasteiger partial charge in [-0.15, -0.1) is 11.3 Å². The van der Waals surface area contributed by atoms with Crippen molar-refractivity contribution < 1.29 is 8.42 Å². The van der Waals surface area contributed by atoms with Gasteiger partial charge in [0.15, 0.2) is 0 Å². The Bertz CT molecular complexity index is 763. The normalized spacial score (nSPS) is 11.0. The van der Waals surface area contributed by atoms with Crippen LogP contribution >= 0.6 is 34.5 Å². The SMILES string of the molecule is N#Cc1ccc(Cl)cc1NS(=O)(=O)c1ccc(Cl)s1. The lowest BCUT2D eigenvalue weighted by Gasteiger charge is -2.08. The molecule has 1 N–H and O–H groups in total. The van der Waals surface area contributed by atoms with E-state index in [1.165, 1.54) is 30.3 Å². The molecule has 0 saturated heterocycles. The molecule has 0 aliphatic heterocycles. The lowest BCUT2D eigenvalue weighted by atomic mass is 10.2. The molecule has 1 aromatic heterocycles. The zero-order valence-electron chi connectivity index (χ0n) is 9.22. The van der Waals surface area contributed by atoms with E-state index in [4.69, 9.17) is 28.5 Å². The second kappa shape index (κ2) is 5.39. The van der Waals surface area contributed by atoms with E-state index in [9.17, 15) is 8.42 Å². The number of nitrogens with zero attached hydrogens (tertiary/aromatic N) is 1. The highest BCUT2D eigenvalue weighted by atomic mass is 35.5. The van der Waals surface area contributed by atoms with E-state index in [1.54, 1.807) is 0 Å². The Morgan fingerprint density at radius 1 is 1.21 bits per heavy atom. The van der Waals surface area contributed by atoms with Gasteiger partial charge in [0.1, 0.15) is 10.3 Å². The van der Waals surface area contributed by atoms with E-state index in [1.807, 2.05) is 6.07 Å². The third-order valence-corrected chi connectivity index (χ3v) is 5.48. The minimum absolute atomic E-state index is 0.0707. The molecule has 0 bridgehead atoms. The third kappa shape index (κ3) is 3.19. The molecule has 1 aromatic carbocycles. The Morgan fingerprint density at radius 3 is 2.53 bits per heavy atom. The second-order valence-electron chi connectivity index (χ2n) is 3.47. The zero-order valence-corrected chi connectivity index (χ0v) is 12.4. The van der Waals surface area contributed by atoms with E-state index < -0.39 is 10.0 Å². The number of benzene rings is 1. The van der Waals surface area contributed by atoms with Crippen LogP contribution in [0.15, 0.2) is 34.5 Å². The molecular weight excluding hydrogens is 327 g/mol. The van der Waals surface area contributed by atoms with Crippen LogP contribution in [-0.2, 0) is 10.0 Å². The fraction of sp³-hybridized carbons (Fsp3) is 0. The van der Waals surface area contributed by atoms with Crippen LogP contribution in [0.1, 0.15) is 5.56 Å². The lowest BCUT2D eigenvalue weighted by molar-refractivity contribution is 0.603. The number of sulfonamides is 1. The van der Waals surface area contributed by atoms with Crippen LogP contribution < -0.4 is 4.72 Å². The molecule has 4 nitrogen and oxygen atoms in total. The smallest absolute Gasteiger partial charge is 0.271 e. The highest BCUT2D eigenvalue weighted by Crippen LogP contribution is 2.29. The molecule has 2 aromatic rings. The Morgan fingerprint density at radius 2 is 1.95 bits per heavy atom. The van der Waals surface area contributed by atoms with Crippen LogP contribution in [0, 0.1) is 11.3 Å². The molecule has 8 heteroatoms. The summed E-state index contributed by atoms with van der Waals surface area (Å²) in [6, 6.07) is 9.12. The number of nitriles is 1. The third-order valence-electron chi connectivity index (χ3n) is 2.16. The first-order valence-electron chi connectivity index (χ1n) is 4.90. The van der Waals surface area contributed by atoms with E-state index >= 15 is 0 Å². The molecule has 1 heterocycles. The van der Waals surface area contributed by atoms with Gasteiger partial charge in [0.2, 0.25) is 0 Å². The van der Waals surface area contributed by atoms with Crippen molar-refractivity contribution in [3.63, 3.8) is 0 Å². The summed E-state index contributed by atoms with van der Waals surface area (Å²) in [7, 11) is -3.77. The van der Waals surface area contributed by atoms with Crippen molar-refractivity contribution in [3.05, 3.63) is 45.3 Å². The number of hydrogen-bond donors (Lipinski definition) is 1. The van der Waals surface area contributed by atoms with Crippen molar-refractivity contribution in [2.45, 2.75) is 4.21 Å². The summed E-state index contributed by atoms with van der Waals surface area (Å²) < 4.78 is 26.9. The molecular formula is C11H6Cl2N2O2S2. The van der Waals surface area contributed by atoms with Gasteiger partial charge in [-0.25, -0.2) is 8.42 Å². The highest BCUT2D eigenvalue weighted by molar-refractivity contribution is 7.94. The van der Waals surface area contributed by atoms with Crippen molar-refractivity contribution in [2.24, 2.45) is 0 Å². The van der Waals surface area contributed by atoms with Crippen LogP contribution in [0.5, 0.6) is 0 Å². The van der Waals surface area contributed by atoms with Crippen LogP contribution in [0.3, 0.4) is 0 Å². The van der Waals surface area contributed by atoms with Gasteiger partial charge >= 0.3 is 0 Å². The fourth-order valence-corrected chi connectivity index (χ4v) is 4.06. The number of thiophene rings is 1. The molecule has 0 amide bonds. The summed E-state index contributed by atoms with van der Waals surface area (Å²) >= 11 is 12.4. The van der Waals surface area contributed by atoms with Gasteiger partial charge in [-0.1, -0.05) is 23.2 Å². The summed E-state index contributed by atoms with van der Waals surface area (Å²) in [5, 5.41) is 9.27.